The minimum atomic E-state index is -0.393. The van der Waals surface area contributed by atoms with E-state index in [1.807, 2.05) is 11.0 Å². The lowest BCUT2D eigenvalue weighted by molar-refractivity contribution is 0.102. The number of rotatable bonds is 5. The third kappa shape index (κ3) is 4.45. The number of aromatic amines is 1. The second-order valence-electron chi connectivity index (χ2n) is 7.89. The monoisotopic (exact) mass is 455 g/mol. The Bertz CT molecular complexity index is 1170. The van der Waals surface area contributed by atoms with Crippen molar-refractivity contribution in [2.45, 2.75) is 18.9 Å². The van der Waals surface area contributed by atoms with E-state index in [2.05, 4.69) is 25.9 Å². The Morgan fingerprint density at radius 2 is 2.16 bits per heavy atom. The van der Waals surface area contributed by atoms with Crippen LogP contribution in [0, 0.1) is 0 Å². The van der Waals surface area contributed by atoms with Gasteiger partial charge in [0.15, 0.2) is 11.5 Å². The molecule has 32 heavy (non-hydrogen) atoms. The first-order chi connectivity index (χ1) is 15.7. The molecule has 0 spiro atoms. The highest BCUT2D eigenvalue weighted by atomic mass is 32.1. The van der Waals surface area contributed by atoms with Gasteiger partial charge in [0.2, 0.25) is 5.95 Å². The maximum Gasteiger partial charge on any atom is 0.278 e. The summed E-state index contributed by atoms with van der Waals surface area (Å²) in [6, 6.07) is 5.44. The van der Waals surface area contributed by atoms with Crippen LogP contribution in [-0.4, -0.2) is 66.3 Å². The third-order valence-corrected chi connectivity index (χ3v) is 6.50. The van der Waals surface area contributed by atoms with Crippen LogP contribution >= 0.6 is 11.3 Å². The van der Waals surface area contributed by atoms with Crippen molar-refractivity contribution in [3.05, 3.63) is 39.6 Å². The van der Waals surface area contributed by atoms with Crippen molar-refractivity contribution < 1.29 is 9.53 Å². The zero-order chi connectivity index (χ0) is 21.9. The van der Waals surface area contributed by atoms with Crippen LogP contribution in [0.1, 0.15) is 23.2 Å². The molecule has 0 unspecified atom stereocenters. The zero-order valence-electron chi connectivity index (χ0n) is 17.5. The van der Waals surface area contributed by atoms with E-state index >= 15 is 0 Å². The van der Waals surface area contributed by atoms with Gasteiger partial charge in [0.1, 0.15) is 0 Å². The van der Waals surface area contributed by atoms with Gasteiger partial charge in [-0.3, -0.25) is 14.6 Å². The summed E-state index contributed by atoms with van der Waals surface area (Å²) in [5, 5.41) is 9.50. The fraction of sp³-hybridized carbons (Fsp3) is 0.429. The lowest BCUT2D eigenvalue weighted by Gasteiger charge is -2.29. The molecule has 1 atom stereocenters. The molecule has 0 bridgehead atoms. The summed E-state index contributed by atoms with van der Waals surface area (Å²) >= 11 is 1.51. The number of thiazole rings is 1. The van der Waals surface area contributed by atoms with Gasteiger partial charge in [-0.05, 0) is 37.6 Å². The normalized spacial score (nSPS) is 19.1. The van der Waals surface area contributed by atoms with Crippen LogP contribution in [-0.2, 0) is 4.74 Å². The molecule has 2 aromatic heterocycles. The lowest BCUT2D eigenvalue weighted by Crippen LogP contribution is -2.41. The number of piperidine rings is 1. The van der Waals surface area contributed by atoms with Crippen molar-refractivity contribution in [1.82, 2.24) is 20.3 Å². The minimum Gasteiger partial charge on any atom is -0.378 e. The van der Waals surface area contributed by atoms with Crippen LogP contribution < -0.4 is 26.4 Å². The maximum atomic E-state index is 13.0. The minimum absolute atomic E-state index is 0.121. The SMILES string of the molecule is O=C(Nc1c(N[C@@H]2CCCNC2)nc(N2CCOCC2)[nH]c1=O)c1ccc2scnc2c1. The van der Waals surface area contributed by atoms with E-state index in [0.29, 0.717) is 43.6 Å². The van der Waals surface area contributed by atoms with Gasteiger partial charge in [-0.2, -0.15) is 4.98 Å². The number of nitrogens with zero attached hydrogens (tertiary/aromatic N) is 3. The Balaban J connectivity index is 1.45. The molecular formula is C21H25N7O3S. The smallest absolute Gasteiger partial charge is 0.278 e. The van der Waals surface area contributed by atoms with Gasteiger partial charge in [0.25, 0.3) is 11.5 Å². The average Bonchev–Trinajstić information content (AvgIpc) is 3.30. The number of hydrogen-bond acceptors (Lipinski definition) is 9. The number of aromatic nitrogens is 3. The molecule has 2 aliphatic heterocycles. The molecule has 5 rings (SSSR count). The first-order valence-electron chi connectivity index (χ1n) is 10.8. The third-order valence-electron chi connectivity index (χ3n) is 5.69. The highest BCUT2D eigenvalue weighted by molar-refractivity contribution is 7.16. The fourth-order valence-electron chi connectivity index (χ4n) is 3.96. The summed E-state index contributed by atoms with van der Waals surface area (Å²) in [5.41, 5.74) is 2.66. The van der Waals surface area contributed by atoms with Gasteiger partial charge < -0.3 is 25.6 Å². The first-order valence-corrected chi connectivity index (χ1v) is 11.6. The number of ether oxygens (including phenoxy) is 1. The Hall–Kier alpha value is -3.02. The molecule has 2 aliphatic rings. The molecule has 0 radical (unpaired) electrons. The number of H-pyrrole nitrogens is 1. The molecule has 2 fully saturated rings. The average molecular weight is 456 g/mol. The predicted molar refractivity (Wildman–Crippen MR) is 125 cm³/mol. The first kappa shape index (κ1) is 20.9. The molecular weight excluding hydrogens is 430 g/mol. The number of fused-ring (bicyclic) bond motifs is 1. The van der Waals surface area contributed by atoms with E-state index < -0.39 is 5.56 Å². The number of carbonyl (C=O) groups is 1. The molecule has 4 N–H and O–H groups in total. The van der Waals surface area contributed by atoms with Crippen molar-refractivity contribution in [2.24, 2.45) is 0 Å². The summed E-state index contributed by atoms with van der Waals surface area (Å²) in [7, 11) is 0. The summed E-state index contributed by atoms with van der Waals surface area (Å²) in [5.74, 6) is 0.481. The molecule has 168 valence electrons. The zero-order valence-corrected chi connectivity index (χ0v) is 18.3. The molecule has 10 nitrogen and oxygen atoms in total. The summed E-state index contributed by atoms with van der Waals surface area (Å²) in [6.45, 7) is 4.20. The summed E-state index contributed by atoms with van der Waals surface area (Å²) in [4.78, 5) is 39.8. The van der Waals surface area contributed by atoms with Crippen LogP contribution in [0.15, 0.2) is 28.5 Å². The summed E-state index contributed by atoms with van der Waals surface area (Å²) < 4.78 is 6.41. The van der Waals surface area contributed by atoms with Gasteiger partial charge in [0, 0.05) is 31.2 Å². The molecule has 0 aliphatic carbocycles. The van der Waals surface area contributed by atoms with Crippen molar-refractivity contribution in [2.75, 3.05) is 54.9 Å². The van der Waals surface area contributed by atoms with Crippen LogP contribution in [0.3, 0.4) is 0 Å². The Morgan fingerprint density at radius 3 is 2.97 bits per heavy atom. The number of anilines is 3. The Morgan fingerprint density at radius 1 is 1.28 bits per heavy atom. The van der Waals surface area contributed by atoms with E-state index in [9.17, 15) is 9.59 Å². The quantitative estimate of drug-likeness (QED) is 0.458. The van der Waals surface area contributed by atoms with Gasteiger partial charge in [-0.25, -0.2) is 4.98 Å². The highest BCUT2D eigenvalue weighted by Gasteiger charge is 2.22. The topological polar surface area (TPSA) is 124 Å². The largest absolute Gasteiger partial charge is 0.378 e. The number of nitrogens with one attached hydrogen (secondary N) is 4. The molecule has 0 saturated carbocycles. The summed E-state index contributed by atoms with van der Waals surface area (Å²) in [6.07, 6.45) is 1.99. The van der Waals surface area contributed by atoms with E-state index in [1.165, 1.54) is 11.3 Å². The standard InChI is InChI=1S/C21H25N7O3S/c29-19(13-3-4-16-15(10-13)23-12-32-16)25-17-18(24-14-2-1-5-22-11-14)26-21(27-20(17)30)28-6-8-31-9-7-28/h3-4,10,12,14,22H,1-2,5-9,11H2,(H,25,29)(H2,24,26,27,30)/t14-/m1/s1. The number of morpholine rings is 1. The van der Waals surface area contributed by atoms with Crippen LogP contribution in [0.5, 0.6) is 0 Å². The number of benzene rings is 1. The predicted octanol–water partition coefficient (Wildman–Crippen LogP) is 1.63. The van der Waals surface area contributed by atoms with Crippen molar-refractivity contribution in [3.63, 3.8) is 0 Å². The van der Waals surface area contributed by atoms with E-state index in [0.717, 1.165) is 36.1 Å². The van der Waals surface area contributed by atoms with Gasteiger partial charge in [-0.15, -0.1) is 11.3 Å². The van der Waals surface area contributed by atoms with Crippen molar-refractivity contribution in [1.29, 1.82) is 0 Å². The highest BCUT2D eigenvalue weighted by Crippen LogP contribution is 2.23. The number of amides is 1. The van der Waals surface area contributed by atoms with Crippen LogP contribution in [0.2, 0.25) is 0 Å². The van der Waals surface area contributed by atoms with E-state index in [-0.39, 0.29) is 17.6 Å². The Kier molecular flexibility index (Phi) is 6.02. The van der Waals surface area contributed by atoms with Crippen LogP contribution in [0.4, 0.5) is 17.5 Å². The molecule has 3 aromatic rings. The van der Waals surface area contributed by atoms with Gasteiger partial charge >= 0.3 is 0 Å². The van der Waals surface area contributed by atoms with Crippen molar-refractivity contribution in [3.8, 4) is 0 Å². The number of hydrogen-bond donors (Lipinski definition) is 4. The van der Waals surface area contributed by atoms with E-state index in [1.54, 1.807) is 17.6 Å². The molecule has 4 heterocycles. The molecule has 1 amide bonds. The van der Waals surface area contributed by atoms with Gasteiger partial charge in [0.05, 0.1) is 28.9 Å². The lowest BCUT2D eigenvalue weighted by atomic mass is 10.1. The second kappa shape index (κ2) is 9.23. The maximum absolute atomic E-state index is 13.0. The van der Waals surface area contributed by atoms with Gasteiger partial charge in [-0.1, -0.05) is 0 Å². The molecule has 1 aromatic carbocycles. The number of carbonyl (C=O) groups excluding carboxylic acids is 1. The second-order valence-corrected chi connectivity index (χ2v) is 8.78. The van der Waals surface area contributed by atoms with Crippen LogP contribution in [0.25, 0.3) is 10.2 Å². The van der Waals surface area contributed by atoms with E-state index in [4.69, 9.17) is 9.72 Å². The fourth-order valence-corrected chi connectivity index (χ4v) is 4.62. The molecule has 2 saturated heterocycles. The Labute approximate surface area is 188 Å². The molecule has 11 heteroatoms. The van der Waals surface area contributed by atoms with Crippen molar-refractivity contribution >= 4 is 44.9 Å².